The number of nitrogens with zero attached hydrogens (tertiary/aromatic N) is 1. The van der Waals surface area contributed by atoms with Crippen molar-refractivity contribution in [1.29, 1.82) is 0 Å². The zero-order valence-corrected chi connectivity index (χ0v) is 10.4. The van der Waals surface area contributed by atoms with E-state index in [1.54, 1.807) is 34.9 Å². The number of nitrogens with two attached hydrogens (primary N) is 1. The third-order valence-corrected chi connectivity index (χ3v) is 3.14. The van der Waals surface area contributed by atoms with Gasteiger partial charge in [0.25, 0.3) is 0 Å². The molecule has 5 nitrogen and oxygen atoms in total. The molecule has 98 valence electrons. The summed E-state index contributed by atoms with van der Waals surface area (Å²) < 4.78 is 1.68. The van der Waals surface area contributed by atoms with Gasteiger partial charge in [-0.25, -0.2) is 0 Å². The summed E-state index contributed by atoms with van der Waals surface area (Å²) in [6.07, 6.45) is 5.33. The van der Waals surface area contributed by atoms with Crippen LogP contribution in [-0.2, 0) is 9.59 Å². The van der Waals surface area contributed by atoms with E-state index in [1.165, 1.54) is 18.2 Å². The van der Waals surface area contributed by atoms with Crippen LogP contribution >= 0.6 is 0 Å². The number of allylic oxidation sites excluding steroid dienone is 4. The summed E-state index contributed by atoms with van der Waals surface area (Å²) in [5.74, 6) is -1.02. The zero-order valence-electron chi connectivity index (χ0n) is 10.4. The van der Waals surface area contributed by atoms with E-state index in [0.717, 1.165) is 5.52 Å². The van der Waals surface area contributed by atoms with Crippen LogP contribution in [0.5, 0.6) is 0 Å². The molecule has 2 aromatic heterocycles. The molecule has 0 fully saturated rings. The lowest BCUT2D eigenvalue weighted by molar-refractivity contribution is -0.113. The van der Waals surface area contributed by atoms with Crippen molar-refractivity contribution < 1.29 is 14.4 Å². The van der Waals surface area contributed by atoms with Crippen LogP contribution in [0, 0.1) is 0 Å². The Morgan fingerprint density at radius 2 is 1.95 bits per heavy atom. The molecule has 0 radical (unpaired) electrons. The molecule has 1 amide bonds. The highest BCUT2D eigenvalue weighted by molar-refractivity contribution is 6.33. The van der Waals surface area contributed by atoms with Gasteiger partial charge in [0.05, 0.1) is 11.3 Å². The van der Waals surface area contributed by atoms with E-state index in [4.69, 9.17) is 5.73 Å². The number of aromatic nitrogens is 1. The number of fused-ring (bicyclic) bond motifs is 1. The van der Waals surface area contributed by atoms with Gasteiger partial charge in [0.15, 0.2) is 11.6 Å². The molecule has 20 heavy (non-hydrogen) atoms. The topological polar surface area (TPSA) is 81.6 Å². The van der Waals surface area contributed by atoms with Crippen LogP contribution in [0.4, 0.5) is 0 Å². The molecule has 0 aromatic carbocycles. The molecule has 1 aliphatic carbocycles. The second kappa shape index (κ2) is 4.31. The van der Waals surface area contributed by atoms with Crippen molar-refractivity contribution in [3.8, 4) is 0 Å². The minimum Gasteiger partial charge on any atom is -0.366 e. The van der Waals surface area contributed by atoms with Crippen molar-refractivity contribution in [2.75, 3.05) is 0 Å². The molecule has 2 N–H and O–H groups in total. The predicted octanol–water partition coefficient (Wildman–Crippen LogP) is 1.13. The second-order valence-corrected chi connectivity index (χ2v) is 4.46. The standard InChI is InChI=1S/C15H10N2O3/c16-15(20)9-6-10-2-1-3-13(17(10)8-9)12-7-11(18)4-5-14(12)19/h1-8H,(H2,16,20). The number of ketones is 2. The molecule has 0 spiro atoms. The van der Waals surface area contributed by atoms with Crippen molar-refractivity contribution in [2.45, 2.75) is 0 Å². The van der Waals surface area contributed by atoms with Gasteiger partial charge in [0, 0.05) is 17.3 Å². The van der Waals surface area contributed by atoms with E-state index in [9.17, 15) is 14.4 Å². The lowest BCUT2D eigenvalue weighted by Gasteiger charge is -2.10. The van der Waals surface area contributed by atoms with Gasteiger partial charge in [-0.2, -0.15) is 0 Å². The minimum absolute atomic E-state index is 0.237. The fourth-order valence-corrected chi connectivity index (χ4v) is 2.20. The van der Waals surface area contributed by atoms with Gasteiger partial charge in [0.1, 0.15) is 0 Å². The first kappa shape index (κ1) is 12.1. The van der Waals surface area contributed by atoms with Gasteiger partial charge in [-0.3, -0.25) is 14.4 Å². The molecule has 3 rings (SSSR count). The van der Waals surface area contributed by atoms with E-state index in [1.807, 2.05) is 0 Å². The first-order valence-electron chi connectivity index (χ1n) is 5.95. The van der Waals surface area contributed by atoms with E-state index in [0.29, 0.717) is 16.8 Å². The lowest BCUT2D eigenvalue weighted by Crippen LogP contribution is -2.10. The fourth-order valence-electron chi connectivity index (χ4n) is 2.20. The Bertz CT molecular complexity index is 825. The molecule has 2 heterocycles. The van der Waals surface area contributed by atoms with E-state index >= 15 is 0 Å². The maximum absolute atomic E-state index is 11.9. The van der Waals surface area contributed by atoms with Crippen molar-refractivity contribution in [3.05, 3.63) is 59.9 Å². The van der Waals surface area contributed by atoms with E-state index in [-0.39, 0.29) is 11.6 Å². The summed E-state index contributed by atoms with van der Waals surface area (Å²) >= 11 is 0. The normalized spacial score (nSPS) is 14.7. The maximum atomic E-state index is 11.9. The summed E-state index contributed by atoms with van der Waals surface area (Å²) in [6.45, 7) is 0. The van der Waals surface area contributed by atoms with Crippen LogP contribution in [0.25, 0.3) is 11.1 Å². The minimum atomic E-state index is -0.542. The monoisotopic (exact) mass is 266 g/mol. The number of hydrogen-bond donors (Lipinski definition) is 1. The summed E-state index contributed by atoms with van der Waals surface area (Å²) in [5.41, 5.74) is 7.19. The SMILES string of the molecule is NC(=O)c1cc2cccc(C3=CC(=O)C=CC3=O)n2c1. The fraction of sp³-hybridized carbons (Fsp3) is 0. The van der Waals surface area contributed by atoms with Crippen molar-refractivity contribution in [3.63, 3.8) is 0 Å². The average molecular weight is 266 g/mol. The Balaban J connectivity index is 2.24. The van der Waals surface area contributed by atoms with Crippen LogP contribution in [0.15, 0.2) is 48.7 Å². The maximum Gasteiger partial charge on any atom is 0.250 e. The molecule has 2 aromatic rings. The van der Waals surface area contributed by atoms with Crippen molar-refractivity contribution >= 4 is 28.6 Å². The largest absolute Gasteiger partial charge is 0.366 e. The quantitative estimate of drug-likeness (QED) is 0.827. The Hall–Kier alpha value is -2.95. The Morgan fingerprint density at radius 3 is 2.70 bits per heavy atom. The zero-order chi connectivity index (χ0) is 14.3. The van der Waals surface area contributed by atoms with Gasteiger partial charge in [0.2, 0.25) is 5.91 Å². The molecule has 0 saturated heterocycles. The number of carbonyl (C=O) groups excluding carboxylic acids is 3. The molecular weight excluding hydrogens is 256 g/mol. The third kappa shape index (κ3) is 1.85. The highest BCUT2D eigenvalue weighted by Gasteiger charge is 2.18. The third-order valence-electron chi connectivity index (χ3n) is 3.14. The average Bonchev–Trinajstić information content (AvgIpc) is 2.85. The van der Waals surface area contributed by atoms with Crippen LogP contribution in [0.2, 0.25) is 0 Å². The Morgan fingerprint density at radius 1 is 1.15 bits per heavy atom. The Labute approximate surface area is 114 Å². The number of pyridine rings is 1. The van der Waals surface area contributed by atoms with Gasteiger partial charge < -0.3 is 10.1 Å². The predicted molar refractivity (Wildman–Crippen MR) is 73.0 cm³/mol. The van der Waals surface area contributed by atoms with Crippen molar-refractivity contribution in [1.82, 2.24) is 4.40 Å². The van der Waals surface area contributed by atoms with E-state index in [2.05, 4.69) is 0 Å². The first-order chi connectivity index (χ1) is 9.56. The summed E-state index contributed by atoms with van der Waals surface area (Å²) in [5, 5.41) is 0. The first-order valence-corrected chi connectivity index (χ1v) is 5.95. The van der Waals surface area contributed by atoms with Gasteiger partial charge in [-0.05, 0) is 36.4 Å². The molecule has 1 aliphatic rings. The molecular formula is C15H10N2O3. The van der Waals surface area contributed by atoms with E-state index < -0.39 is 5.91 Å². The molecule has 0 unspecified atom stereocenters. The lowest BCUT2D eigenvalue weighted by atomic mass is 10.00. The van der Waals surface area contributed by atoms with Crippen LogP contribution in [-0.4, -0.2) is 21.9 Å². The number of amides is 1. The number of rotatable bonds is 2. The van der Waals surface area contributed by atoms with Gasteiger partial charge in [-0.1, -0.05) is 6.07 Å². The summed E-state index contributed by atoms with van der Waals surface area (Å²) in [7, 11) is 0. The molecule has 0 aliphatic heterocycles. The van der Waals surface area contributed by atoms with Gasteiger partial charge >= 0.3 is 0 Å². The highest BCUT2D eigenvalue weighted by Crippen LogP contribution is 2.22. The smallest absolute Gasteiger partial charge is 0.250 e. The molecule has 0 atom stereocenters. The number of carbonyl (C=O) groups is 3. The molecule has 5 heteroatoms. The molecule has 0 saturated carbocycles. The molecule has 0 bridgehead atoms. The highest BCUT2D eigenvalue weighted by atomic mass is 16.1. The summed E-state index contributed by atoms with van der Waals surface area (Å²) in [4.78, 5) is 34.6. The van der Waals surface area contributed by atoms with Crippen LogP contribution in [0.1, 0.15) is 16.1 Å². The van der Waals surface area contributed by atoms with Gasteiger partial charge in [-0.15, -0.1) is 0 Å². The number of hydrogen-bond acceptors (Lipinski definition) is 3. The summed E-state index contributed by atoms with van der Waals surface area (Å²) in [6, 6.07) is 6.90. The second-order valence-electron chi connectivity index (χ2n) is 4.46. The van der Waals surface area contributed by atoms with Crippen molar-refractivity contribution in [2.24, 2.45) is 5.73 Å². The van der Waals surface area contributed by atoms with Crippen LogP contribution < -0.4 is 5.73 Å². The van der Waals surface area contributed by atoms with Crippen LogP contribution in [0.3, 0.4) is 0 Å². The Kier molecular flexibility index (Phi) is 2.61. The number of primary amides is 1.